The molecule has 0 aromatic carbocycles. The van der Waals surface area contributed by atoms with E-state index in [4.69, 9.17) is 0 Å². The van der Waals surface area contributed by atoms with Crippen molar-refractivity contribution in [3.8, 4) is 0 Å². The van der Waals surface area contributed by atoms with Crippen LogP contribution in [0.15, 0.2) is 0 Å². The molecule has 0 bridgehead atoms. The maximum Gasteiger partial charge on any atom is 0.223 e. The number of hydrogen-bond acceptors (Lipinski definition) is 2. The first-order valence-corrected chi connectivity index (χ1v) is 5.17. The van der Waals surface area contributed by atoms with Gasteiger partial charge in [-0.1, -0.05) is 13.8 Å². The van der Waals surface area contributed by atoms with Crippen LogP contribution in [-0.2, 0) is 4.79 Å². The predicted molar refractivity (Wildman–Crippen MR) is 55.7 cm³/mol. The lowest BCUT2D eigenvalue weighted by molar-refractivity contribution is -0.129. The second-order valence-corrected chi connectivity index (χ2v) is 3.32. The van der Waals surface area contributed by atoms with Crippen molar-refractivity contribution in [3.63, 3.8) is 0 Å². The standard InChI is InChI=1S/C10H22N2O/c1-4-7-11-8-6-10(13)12(3)9-5-2/h11H,4-9H2,1-3H3. The molecular weight excluding hydrogens is 164 g/mol. The minimum absolute atomic E-state index is 0.241. The summed E-state index contributed by atoms with van der Waals surface area (Å²) in [6.07, 6.45) is 2.78. The normalized spacial score (nSPS) is 10.1. The van der Waals surface area contributed by atoms with Crippen LogP contribution in [0.4, 0.5) is 0 Å². The van der Waals surface area contributed by atoms with Gasteiger partial charge < -0.3 is 10.2 Å². The molecule has 78 valence electrons. The molecule has 0 unspecified atom stereocenters. The monoisotopic (exact) mass is 186 g/mol. The number of amides is 1. The van der Waals surface area contributed by atoms with Gasteiger partial charge in [0, 0.05) is 26.6 Å². The van der Waals surface area contributed by atoms with Gasteiger partial charge >= 0.3 is 0 Å². The average molecular weight is 186 g/mol. The van der Waals surface area contributed by atoms with E-state index in [2.05, 4.69) is 19.2 Å². The van der Waals surface area contributed by atoms with Crippen molar-refractivity contribution >= 4 is 5.91 Å². The van der Waals surface area contributed by atoms with E-state index < -0.39 is 0 Å². The van der Waals surface area contributed by atoms with Crippen molar-refractivity contribution in [1.29, 1.82) is 0 Å². The quantitative estimate of drug-likeness (QED) is 0.607. The Morgan fingerprint density at radius 1 is 1.23 bits per heavy atom. The Labute approximate surface area is 81.5 Å². The Bertz CT molecular complexity index is 137. The van der Waals surface area contributed by atoms with Crippen molar-refractivity contribution in [1.82, 2.24) is 10.2 Å². The lowest BCUT2D eigenvalue weighted by Gasteiger charge is -2.15. The molecule has 0 radical (unpaired) electrons. The smallest absolute Gasteiger partial charge is 0.223 e. The summed E-state index contributed by atoms with van der Waals surface area (Å²) in [6, 6.07) is 0. The maximum atomic E-state index is 11.4. The van der Waals surface area contributed by atoms with Crippen molar-refractivity contribution in [2.24, 2.45) is 0 Å². The van der Waals surface area contributed by atoms with Gasteiger partial charge in [-0.3, -0.25) is 4.79 Å². The van der Waals surface area contributed by atoms with E-state index in [9.17, 15) is 4.79 Å². The molecule has 0 rings (SSSR count). The first kappa shape index (κ1) is 12.4. The highest BCUT2D eigenvalue weighted by atomic mass is 16.2. The molecule has 0 heterocycles. The topological polar surface area (TPSA) is 32.3 Å². The van der Waals surface area contributed by atoms with Crippen LogP contribution < -0.4 is 5.32 Å². The lowest BCUT2D eigenvalue weighted by atomic mass is 10.3. The fraction of sp³-hybridized carbons (Fsp3) is 0.900. The van der Waals surface area contributed by atoms with E-state index in [-0.39, 0.29) is 5.91 Å². The van der Waals surface area contributed by atoms with Crippen molar-refractivity contribution in [3.05, 3.63) is 0 Å². The first-order valence-electron chi connectivity index (χ1n) is 5.17. The third-order valence-electron chi connectivity index (χ3n) is 1.93. The van der Waals surface area contributed by atoms with Crippen LogP contribution in [0.5, 0.6) is 0 Å². The van der Waals surface area contributed by atoms with E-state index in [0.29, 0.717) is 6.42 Å². The zero-order chi connectivity index (χ0) is 10.1. The van der Waals surface area contributed by atoms with Gasteiger partial charge in [0.05, 0.1) is 0 Å². The van der Waals surface area contributed by atoms with Gasteiger partial charge in [-0.25, -0.2) is 0 Å². The third kappa shape index (κ3) is 6.58. The molecule has 0 atom stereocenters. The summed E-state index contributed by atoms with van der Waals surface area (Å²) in [5.74, 6) is 0.241. The molecule has 13 heavy (non-hydrogen) atoms. The van der Waals surface area contributed by atoms with Crippen LogP contribution in [-0.4, -0.2) is 37.5 Å². The first-order chi connectivity index (χ1) is 6.22. The van der Waals surface area contributed by atoms with E-state index in [1.807, 2.05) is 7.05 Å². The third-order valence-corrected chi connectivity index (χ3v) is 1.93. The minimum atomic E-state index is 0.241. The summed E-state index contributed by atoms with van der Waals surface area (Å²) >= 11 is 0. The van der Waals surface area contributed by atoms with E-state index in [1.165, 1.54) is 0 Å². The average Bonchev–Trinajstić information content (AvgIpc) is 2.12. The Balaban J connectivity index is 3.38. The Hall–Kier alpha value is -0.570. The number of carbonyl (C=O) groups is 1. The van der Waals surface area contributed by atoms with Crippen molar-refractivity contribution in [2.45, 2.75) is 33.1 Å². The summed E-state index contributed by atoms with van der Waals surface area (Å²) in [6.45, 7) is 6.88. The van der Waals surface area contributed by atoms with Gasteiger partial charge in [0.25, 0.3) is 0 Å². The van der Waals surface area contributed by atoms with E-state index in [0.717, 1.165) is 32.5 Å². The molecule has 0 aliphatic carbocycles. The number of nitrogens with zero attached hydrogens (tertiary/aromatic N) is 1. The van der Waals surface area contributed by atoms with Crippen LogP contribution in [0.2, 0.25) is 0 Å². The molecule has 0 saturated heterocycles. The molecule has 0 aliphatic heterocycles. The highest BCUT2D eigenvalue weighted by Crippen LogP contribution is 1.91. The second-order valence-electron chi connectivity index (χ2n) is 3.32. The molecule has 0 fully saturated rings. The summed E-state index contributed by atoms with van der Waals surface area (Å²) in [5.41, 5.74) is 0. The molecule has 3 heteroatoms. The SMILES string of the molecule is CCCNCCC(=O)N(C)CCC. The highest BCUT2D eigenvalue weighted by Gasteiger charge is 2.05. The van der Waals surface area contributed by atoms with E-state index >= 15 is 0 Å². The molecule has 0 aliphatic rings. The molecule has 1 N–H and O–H groups in total. The predicted octanol–water partition coefficient (Wildman–Crippen LogP) is 1.24. The lowest BCUT2D eigenvalue weighted by Crippen LogP contribution is -2.30. The molecule has 3 nitrogen and oxygen atoms in total. The Morgan fingerprint density at radius 3 is 2.46 bits per heavy atom. The minimum Gasteiger partial charge on any atom is -0.346 e. The summed E-state index contributed by atoms with van der Waals surface area (Å²) in [5, 5.41) is 3.22. The maximum absolute atomic E-state index is 11.4. The largest absolute Gasteiger partial charge is 0.346 e. The fourth-order valence-corrected chi connectivity index (χ4v) is 1.15. The van der Waals surface area contributed by atoms with Crippen LogP contribution in [0.25, 0.3) is 0 Å². The molecule has 0 aromatic heterocycles. The van der Waals surface area contributed by atoms with Crippen LogP contribution >= 0.6 is 0 Å². The zero-order valence-electron chi connectivity index (χ0n) is 9.10. The zero-order valence-corrected chi connectivity index (χ0v) is 9.10. The number of rotatable bonds is 7. The number of nitrogens with one attached hydrogen (secondary N) is 1. The summed E-state index contributed by atoms with van der Waals surface area (Å²) < 4.78 is 0. The van der Waals surface area contributed by atoms with Gasteiger partial charge in [-0.05, 0) is 19.4 Å². The Kier molecular flexibility index (Phi) is 7.69. The number of hydrogen-bond donors (Lipinski definition) is 1. The van der Waals surface area contributed by atoms with Gasteiger partial charge in [0.1, 0.15) is 0 Å². The van der Waals surface area contributed by atoms with Crippen LogP contribution in [0.3, 0.4) is 0 Å². The molecular formula is C10H22N2O. The summed E-state index contributed by atoms with van der Waals surface area (Å²) in [4.78, 5) is 13.2. The van der Waals surface area contributed by atoms with Gasteiger partial charge in [0.2, 0.25) is 5.91 Å². The van der Waals surface area contributed by atoms with E-state index in [1.54, 1.807) is 4.90 Å². The van der Waals surface area contributed by atoms with Crippen molar-refractivity contribution in [2.75, 3.05) is 26.7 Å². The molecule has 1 amide bonds. The molecule has 0 saturated carbocycles. The number of carbonyl (C=O) groups excluding carboxylic acids is 1. The fourth-order valence-electron chi connectivity index (χ4n) is 1.15. The summed E-state index contributed by atoms with van der Waals surface area (Å²) in [7, 11) is 1.87. The van der Waals surface area contributed by atoms with Gasteiger partial charge in [-0.15, -0.1) is 0 Å². The molecule has 0 aromatic rings. The highest BCUT2D eigenvalue weighted by molar-refractivity contribution is 5.75. The Morgan fingerprint density at radius 2 is 1.92 bits per heavy atom. The van der Waals surface area contributed by atoms with Gasteiger partial charge in [-0.2, -0.15) is 0 Å². The van der Waals surface area contributed by atoms with Crippen LogP contribution in [0.1, 0.15) is 33.1 Å². The molecule has 0 spiro atoms. The second kappa shape index (κ2) is 8.05. The van der Waals surface area contributed by atoms with Crippen molar-refractivity contribution < 1.29 is 4.79 Å². The van der Waals surface area contributed by atoms with Crippen LogP contribution in [0, 0.1) is 0 Å². The van der Waals surface area contributed by atoms with Gasteiger partial charge in [0.15, 0.2) is 0 Å².